The second kappa shape index (κ2) is 4.58. The average Bonchev–Trinajstić information content (AvgIpc) is 2.98. The van der Waals surface area contributed by atoms with E-state index < -0.39 is 0 Å². The summed E-state index contributed by atoms with van der Waals surface area (Å²) in [4.78, 5) is 13.6. The van der Waals surface area contributed by atoms with Gasteiger partial charge in [0.2, 0.25) is 0 Å². The molecule has 3 rings (SSSR count). The van der Waals surface area contributed by atoms with Crippen LogP contribution < -0.4 is 5.32 Å². The second-order valence-corrected chi connectivity index (χ2v) is 5.35. The highest BCUT2D eigenvalue weighted by molar-refractivity contribution is 7.15. The number of nitrogens with one attached hydrogen (secondary N) is 2. The fourth-order valence-electron chi connectivity index (χ4n) is 2.35. The van der Waals surface area contributed by atoms with E-state index in [2.05, 4.69) is 22.2 Å². The molecule has 17 heavy (non-hydrogen) atoms. The summed E-state index contributed by atoms with van der Waals surface area (Å²) >= 11 is 1.78. The second-order valence-electron chi connectivity index (χ2n) is 4.27. The molecule has 0 aliphatic heterocycles. The standard InChI is InChI=1S/C12H16N4S/c1-2-13-8-4-3-5-9-10(8)16-12(17-9)11-14-6-7-15-11/h6-8,13H,2-5H2,1H3,(H,14,15). The Hall–Kier alpha value is -1.20. The maximum atomic E-state index is 4.76. The number of rotatable bonds is 3. The molecule has 5 heteroatoms. The van der Waals surface area contributed by atoms with Crippen molar-refractivity contribution < 1.29 is 0 Å². The van der Waals surface area contributed by atoms with Crippen LogP contribution >= 0.6 is 11.3 Å². The summed E-state index contributed by atoms with van der Waals surface area (Å²) in [5, 5.41) is 4.53. The van der Waals surface area contributed by atoms with Crippen LogP contribution in [0.25, 0.3) is 10.8 Å². The molecule has 1 aliphatic rings. The van der Waals surface area contributed by atoms with Crippen LogP contribution in [0.3, 0.4) is 0 Å². The van der Waals surface area contributed by atoms with E-state index in [0.717, 1.165) is 23.8 Å². The topological polar surface area (TPSA) is 53.6 Å². The third kappa shape index (κ3) is 2.00. The van der Waals surface area contributed by atoms with Crippen LogP contribution in [0, 0.1) is 0 Å². The first-order valence-corrected chi connectivity index (χ1v) is 6.93. The fraction of sp³-hybridized carbons (Fsp3) is 0.500. The molecule has 0 saturated heterocycles. The molecule has 90 valence electrons. The van der Waals surface area contributed by atoms with Gasteiger partial charge in [-0.2, -0.15) is 0 Å². The van der Waals surface area contributed by atoms with E-state index in [1.807, 2.05) is 6.20 Å². The monoisotopic (exact) mass is 248 g/mol. The van der Waals surface area contributed by atoms with Gasteiger partial charge in [-0.1, -0.05) is 6.92 Å². The summed E-state index contributed by atoms with van der Waals surface area (Å²) in [6.07, 6.45) is 7.23. The van der Waals surface area contributed by atoms with Gasteiger partial charge >= 0.3 is 0 Å². The Balaban J connectivity index is 1.96. The van der Waals surface area contributed by atoms with Crippen LogP contribution in [0.5, 0.6) is 0 Å². The highest BCUT2D eigenvalue weighted by Gasteiger charge is 2.24. The van der Waals surface area contributed by atoms with Crippen LogP contribution in [0.4, 0.5) is 0 Å². The zero-order valence-electron chi connectivity index (χ0n) is 9.86. The summed E-state index contributed by atoms with van der Waals surface area (Å²) < 4.78 is 0. The Morgan fingerprint density at radius 2 is 2.53 bits per heavy atom. The number of imidazole rings is 1. The molecule has 1 unspecified atom stereocenters. The van der Waals surface area contributed by atoms with E-state index in [1.54, 1.807) is 17.5 Å². The highest BCUT2D eigenvalue weighted by Crippen LogP contribution is 2.35. The summed E-state index contributed by atoms with van der Waals surface area (Å²) in [6.45, 7) is 3.14. The maximum Gasteiger partial charge on any atom is 0.166 e. The molecule has 0 saturated carbocycles. The van der Waals surface area contributed by atoms with E-state index >= 15 is 0 Å². The van der Waals surface area contributed by atoms with Gasteiger partial charge in [0.05, 0.1) is 11.7 Å². The molecule has 1 aliphatic carbocycles. The summed E-state index contributed by atoms with van der Waals surface area (Å²) in [6, 6.07) is 0.434. The molecule has 2 aromatic heterocycles. The maximum absolute atomic E-state index is 4.76. The van der Waals surface area contributed by atoms with E-state index in [0.29, 0.717) is 6.04 Å². The normalized spacial score (nSPS) is 19.2. The Labute approximate surface area is 105 Å². The van der Waals surface area contributed by atoms with Crippen molar-refractivity contribution in [1.82, 2.24) is 20.3 Å². The number of H-pyrrole nitrogens is 1. The molecule has 2 aromatic rings. The minimum absolute atomic E-state index is 0.434. The molecule has 4 nitrogen and oxygen atoms in total. The lowest BCUT2D eigenvalue weighted by Crippen LogP contribution is -2.24. The van der Waals surface area contributed by atoms with Crippen LogP contribution in [-0.4, -0.2) is 21.5 Å². The van der Waals surface area contributed by atoms with E-state index in [1.165, 1.54) is 23.4 Å². The SMILES string of the molecule is CCNC1CCCc2sc(-c3ncc[nH]3)nc21. The van der Waals surface area contributed by atoms with Gasteiger partial charge in [0, 0.05) is 17.3 Å². The van der Waals surface area contributed by atoms with Crippen molar-refractivity contribution in [3.8, 4) is 10.8 Å². The number of aromatic nitrogens is 3. The average molecular weight is 248 g/mol. The summed E-state index contributed by atoms with van der Waals surface area (Å²) in [7, 11) is 0. The van der Waals surface area contributed by atoms with Gasteiger partial charge in [-0.05, 0) is 25.8 Å². The van der Waals surface area contributed by atoms with Gasteiger partial charge in [-0.3, -0.25) is 0 Å². The molecule has 0 bridgehead atoms. The van der Waals surface area contributed by atoms with E-state index in [9.17, 15) is 0 Å². The molecular weight excluding hydrogens is 232 g/mol. The Kier molecular flexibility index (Phi) is 2.94. The first-order valence-electron chi connectivity index (χ1n) is 6.11. The highest BCUT2D eigenvalue weighted by atomic mass is 32.1. The van der Waals surface area contributed by atoms with Gasteiger partial charge in [0.25, 0.3) is 0 Å². The Morgan fingerprint density at radius 3 is 3.29 bits per heavy atom. The number of aryl methyl sites for hydroxylation is 1. The van der Waals surface area contributed by atoms with Gasteiger partial charge in [-0.15, -0.1) is 11.3 Å². The van der Waals surface area contributed by atoms with Gasteiger partial charge in [-0.25, -0.2) is 9.97 Å². The van der Waals surface area contributed by atoms with Crippen LogP contribution in [-0.2, 0) is 6.42 Å². The predicted octanol–water partition coefficient (Wildman–Crippen LogP) is 2.52. The number of thiazole rings is 1. The van der Waals surface area contributed by atoms with Crippen LogP contribution in [0.15, 0.2) is 12.4 Å². The third-order valence-corrected chi connectivity index (χ3v) is 4.24. The zero-order valence-corrected chi connectivity index (χ0v) is 10.7. The number of hydrogen-bond acceptors (Lipinski definition) is 4. The Morgan fingerprint density at radius 1 is 1.59 bits per heavy atom. The largest absolute Gasteiger partial charge is 0.343 e. The third-order valence-electron chi connectivity index (χ3n) is 3.11. The number of nitrogens with zero attached hydrogens (tertiary/aromatic N) is 2. The molecule has 2 N–H and O–H groups in total. The summed E-state index contributed by atoms with van der Waals surface area (Å²) in [5.74, 6) is 0.889. The zero-order chi connectivity index (χ0) is 11.7. The molecule has 0 spiro atoms. The molecule has 0 fully saturated rings. The lowest BCUT2D eigenvalue weighted by atomic mass is 9.98. The van der Waals surface area contributed by atoms with Crippen molar-refractivity contribution in [3.05, 3.63) is 23.0 Å². The van der Waals surface area contributed by atoms with Crippen molar-refractivity contribution in [1.29, 1.82) is 0 Å². The van der Waals surface area contributed by atoms with E-state index in [-0.39, 0.29) is 0 Å². The van der Waals surface area contributed by atoms with Gasteiger partial charge < -0.3 is 10.3 Å². The van der Waals surface area contributed by atoms with Crippen molar-refractivity contribution in [3.63, 3.8) is 0 Å². The lowest BCUT2D eigenvalue weighted by molar-refractivity contribution is 0.465. The van der Waals surface area contributed by atoms with Crippen molar-refractivity contribution in [2.45, 2.75) is 32.2 Å². The first kappa shape index (κ1) is 10.9. The molecule has 0 aromatic carbocycles. The summed E-state index contributed by atoms with van der Waals surface area (Å²) in [5.41, 5.74) is 1.24. The smallest absolute Gasteiger partial charge is 0.166 e. The molecule has 0 amide bonds. The van der Waals surface area contributed by atoms with Crippen LogP contribution in [0.1, 0.15) is 36.4 Å². The quantitative estimate of drug-likeness (QED) is 0.877. The van der Waals surface area contributed by atoms with Crippen molar-refractivity contribution in [2.75, 3.05) is 6.54 Å². The lowest BCUT2D eigenvalue weighted by Gasteiger charge is -2.21. The molecular formula is C12H16N4S. The van der Waals surface area contributed by atoms with E-state index in [4.69, 9.17) is 4.98 Å². The minimum atomic E-state index is 0.434. The van der Waals surface area contributed by atoms with Gasteiger partial charge in [0.15, 0.2) is 10.8 Å². The van der Waals surface area contributed by atoms with Crippen molar-refractivity contribution in [2.24, 2.45) is 0 Å². The van der Waals surface area contributed by atoms with Crippen molar-refractivity contribution >= 4 is 11.3 Å². The number of hydrogen-bond donors (Lipinski definition) is 2. The Bertz CT molecular complexity index is 489. The minimum Gasteiger partial charge on any atom is -0.343 e. The van der Waals surface area contributed by atoms with Crippen LogP contribution in [0.2, 0.25) is 0 Å². The predicted molar refractivity (Wildman–Crippen MR) is 69.1 cm³/mol. The fourth-order valence-corrected chi connectivity index (χ4v) is 3.47. The molecule has 2 heterocycles. The molecule has 1 atom stereocenters. The number of aromatic amines is 1. The molecule has 0 radical (unpaired) electrons. The van der Waals surface area contributed by atoms with Gasteiger partial charge in [0.1, 0.15) is 0 Å². The first-order chi connectivity index (χ1) is 8.38. The number of fused-ring (bicyclic) bond motifs is 1.